The second-order valence-electron chi connectivity index (χ2n) is 6.42. The molecular weight excluding hydrogens is 292 g/mol. The van der Waals surface area contributed by atoms with Crippen molar-refractivity contribution in [3.63, 3.8) is 0 Å². The van der Waals surface area contributed by atoms with Gasteiger partial charge in [-0.25, -0.2) is 0 Å². The van der Waals surface area contributed by atoms with Gasteiger partial charge in [-0.1, -0.05) is 30.3 Å². The van der Waals surface area contributed by atoms with Crippen LogP contribution in [0, 0.1) is 5.41 Å². The molecule has 1 heterocycles. The Morgan fingerprint density at radius 2 is 1.87 bits per heavy atom. The smallest absolute Gasteiger partial charge is 0.235 e. The largest absolute Gasteiger partial charge is 0.376 e. The summed E-state index contributed by atoms with van der Waals surface area (Å²) in [6, 6.07) is 10.0. The van der Waals surface area contributed by atoms with E-state index in [0.29, 0.717) is 25.9 Å². The first kappa shape index (κ1) is 16.0. The normalized spacial score (nSPS) is 21.7. The van der Waals surface area contributed by atoms with E-state index in [2.05, 4.69) is 10.6 Å². The van der Waals surface area contributed by atoms with Gasteiger partial charge < -0.3 is 15.4 Å². The predicted molar refractivity (Wildman–Crippen MR) is 86.8 cm³/mol. The summed E-state index contributed by atoms with van der Waals surface area (Å²) in [5.41, 5.74) is 0.343. The average molecular weight is 316 g/mol. The fourth-order valence-corrected chi connectivity index (χ4v) is 3.00. The molecule has 23 heavy (non-hydrogen) atoms. The SMILES string of the molecule is O=C(NCCc1ccccc1)C1(C(=O)NCC2CCCO2)CC1. The van der Waals surface area contributed by atoms with E-state index in [1.807, 2.05) is 30.3 Å². The van der Waals surface area contributed by atoms with Gasteiger partial charge in [0.2, 0.25) is 11.8 Å². The second kappa shape index (κ2) is 7.13. The van der Waals surface area contributed by atoms with Crippen molar-refractivity contribution in [1.82, 2.24) is 10.6 Å². The summed E-state index contributed by atoms with van der Waals surface area (Å²) in [6.45, 7) is 1.84. The van der Waals surface area contributed by atoms with Crippen LogP contribution < -0.4 is 10.6 Å². The maximum absolute atomic E-state index is 12.4. The molecule has 1 aromatic carbocycles. The van der Waals surface area contributed by atoms with E-state index in [9.17, 15) is 9.59 Å². The zero-order valence-corrected chi connectivity index (χ0v) is 13.3. The number of hydrogen-bond acceptors (Lipinski definition) is 3. The molecule has 1 aromatic rings. The van der Waals surface area contributed by atoms with Crippen molar-refractivity contribution in [2.45, 2.75) is 38.2 Å². The molecule has 5 nitrogen and oxygen atoms in total. The van der Waals surface area contributed by atoms with Crippen LogP contribution in [0.2, 0.25) is 0 Å². The van der Waals surface area contributed by atoms with Crippen LogP contribution in [0.5, 0.6) is 0 Å². The minimum absolute atomic E-state index is 0.107. The standard InChI is InChI=1S/C18H24N2O3/c21-16(19-11-8-14-5-2-1-3-6-14)18(9-10-18)17(22)20-13-15-7-4-12-23-15/h1-3,5-6,15H,4,7-13H2,(H,19,21)(H,20,22). The maximum Gasteiger partial charge on any atom is 0.235 e. The molecule has 1 saturated carbocycles. The van der Waals surface area contributed by atoms with Crippen LogP contribution in [0.4, 0.5) is 0 Å². The Balaban J connectivity index is 1.43. The fourth-order valence-electron chi connectivity index (χ4n) is 3.00. The third-order valence-corrected chi connectivity index (χ3v) is 4.68. The van der Waals surface area contributed by atoms with E-state index in [0.717, 1.165) is 25.9 Å². The van der Waals surface area contributed by atoms with Gasteiger partial charge in [0.1, 0.15) is 5.41 Å². The van der Waals surface area contributed by atoms with Crippen molar-refractivity contribution < 1.29 is 14.3 Å². The number of carbonyl (C=O) groups is 2. The van der Waals surface area contributed by atoms with E-state index >= 15 is 0 Å². The van der Waals surface area contributed by atoms with Gasteiger partial charge in [-0.15, -0.1) is 0 Å². The summed E-state index contributed by atoms with van der Waals surface area (Å²) in [6.07, 6.45) is 4.20. The summed E-state index contributed by atoms with van der Waals surface area (Å²) < 4.78 is 5.50. The Kier molecular flexibility index (Phi) is 4.96. The number of hydrogen-bond donors (Lipinski definition) is 2. The lowest BCUT2D eigenvalue weighted by Gasteiger charge is -2.17. The lowest BCUT2D eigenvalue weighted by Crippen LogP contribution is -2.45. The van der Waals surface area contributed by atoms with Gasteiger partial charge in [-0.2, -0.15) is 0 Å². The Hall–Kier alpha value is -1.88. The number of ether oxygens (including phenoxy) is 1. The molecule has 2 amide bonds. The van der Waals surface area contributed by atoms with Gasteiger partial charge in [0.05, 0.1) is 6.10 Å². The lowest BCUT2D eigenvalue weighted by atomic mass is 10.0. The molecule has 2 aliphatic rings. The summed E-state index contributed by atoms with van der Waals surface area (Å²) in [4.78, 5) is 24.7. The number of nitrogens with one attached hydrogen (secondary N) is 2. The predicted octanol–water partition coefficient (Wildman–Crippen LogP) is 1.42. The summed E-state index contributed by atoms with van der Waals surface area (Å²) in [5.74, 6) is -0.288. The van der Waals surface area contributed by atoms with Crippen molar-refractivity contribution in [1.29, 1.82) is 0 Å². The molecule has 124 valence electrons. The highest BCUT2D eigenvalue weighted by Crippen LogP contribution is 2.46. The molecule has 1 aliphatic carbocycles. The van der Waals surface area contributed by atoms with Crippen LogP contribution in [0.15, 0.2) is 30.3 Å². The number of rotatable bonds is 7. The maximum atomic E-state index is 12.4. The van der Waals surface area contributed by atoms with Crippen molar-refractivity contribution in [3.05, 3.63) is 35.9 Å². The third-order valence-electron chi connectivity index (χ3n) is 4.68. The van der Waals surface area contributed by atoms with Crippen molar-refractivity contribution in [3.8, 4) is 0 Å². The Labute approximate surface area is 136 Å². The first-order valence-corrected chi connectivity index (χ1v) is 8.43. The van der Waals surface area contributed by atoms with Gasteiger partial charge in [0.15, 0.2) is 0 Å². The first-order chi connectivity index (χ1) is 11.2. The molecular formula is C18H24N2O3. The zero-order valence-electron chi connectivity index (χ0n) is 13.3. The molecule has 3 rings (SSSR count). The summed E-state index contributed by atoms with van der Waals surface area (Å²) >= 11 is 0. The van der Waals surface area contributed by atoms with E-state index in [4.69, 9.17) is 4.74 Å². The molecule has 0 radical (unpaired) electrons. The monoisotopic (exact) mass is 316 g/mol. The summed E-state index contributed by atoms with van der Waals surface area (Å²) in [5, 5.41) is 5.80. The molecule has 1 unspecified atom stereocenters. The molecule has 0 aromatic heterocycles. The number of benzene rings is 1. The zero-order chi connectivity index (χ0) is 16.1. The van der Waals surface area contributed by atoms with E-state index in [1.54, 1.807) is 0 Å². The highest BCUT2D eigenvalue weighted by atomic mass is 16.5. The Morgan fingerprint density at radius 1 is 1.13 bits per heavy atom. The average Bonchev–Trinajstić information content (AvgIpc) is 3.23. The quantitative estimate of drug-likeness (QED) is 0.748. The third kappa shape index (κ3) is 3.91. The van der Waals surface area contributed by atoms with Crippen LogP contribution >= 0.6 is 0 Å². The molecule has 2 fully saturated rings. The van der Waals surface area contributed by atoms with Crippen LogP contribution in [0.3, 0.4) is 0 Å². The van der Waals surface area contributed by atoms with E-state index in [1.165, 1.54) is 5.56 Å². The second-order valence-corrected chi connectivity index (χ2v) is 6.42. The van der Waals surface area contributed by atoms with Crippen LogP contribution in [-0.4, -0.2) is 37.6 Å². The van der Waals surface area contributed by atoms with Gasteiger partial charge >= 0.3 is 0 Å². The Bertz CT molecular complexity index is 549. The molecule has 5 heteroatoms. The molecule has 1 atom stereocenters. The fraction of sp³-hybridized carbons (Fsp3) is 0.556. The molecule has 0 spiro atoms. The van der Waals surface area contributed by atoms with Gasteiger partial charge in [0.25, 0.3) is 0 Å². The van der Waals surface area contributed by atoms with Crippen molar-refractivity contribution in [2.24, 2.45) is 5.41 Å². The highest BCUT2D eigenvalue weighted by Gasteiger charge is 2.56. The highest BCUT2D eigenvalue weighted by molar-refractivity contribution is 6.07. The van der Waals surface area contributed by atoms with Crippen molar-refractivity contribution in [2.75, 3.05) is 19.7 Å². The molecule has 2 N–H and O–H groups in total. The number of amides is 2. The summed E-state index contributed by atoms with van der Waals surface area (Å²) in [7, 11) is 0. The van der Waals surface area contributed by atoms with E-state index in [-0.39, 0.29) is 17.9 Å². The molecule has 1 aliphatic heterocycles. The minimum Gasteiger partial charge on any atom is -0.376 e. The van der Waals surface area contributed by atoms with Crippen LogP contribution in [0.25, 0.3) is 0 Å². The molecule has 1 saturated heterocycles. The topological polar surface area (TPSA) is 67.4 Å². The molecule has 0 bridgehead atoms. The van der Waals surface area contributed by atoms with E-state index < -0.39 is 5.41 Å². The van der Waals surface area contributed by atoms with Crippen LogP contribution in [0.1, 0.15) is 31.2 Å². The van der Waals surface area contributed by atoms with Crippen LogP contribution in [-0.2, 0) is 20.7 Å². The first-order valence-electron chi connectivity index (χ1n) is 8.43. The number of carbonyl (C=O) groups excluding carboxylic acids is 2. The minimum atomic E-state index is -0.838. The van der Waals surface area contributed by atoms with Gasteiger partial charge in [0, 0.05) is 19.7 Å². The van der Waals surface area contributed by atoms with Gasteiger partial charge in [-0.3, -0.25) is 9.59 Å². The Morgan fingerprint density at radius 3 is 2.52 bits per heavy atom. The van der Waals surface area contributed by atoms with Crippen molar-refractivity contribution >= 4 is 11.8 Å². The lowest BCUT2D eigenvalue weighted by molar-refractivity contribution is -0.137. The van der Waals surface area contributed by atoms with Gasteiger partial charge in [-0.05, 0) is 37.7 Å².